The second-order valence-electron chi connectivity index (χ2n) is 6.67. The fraction of sp³-hybridized carbons (Fsp3) is 0.150. The van der Waals surface area contributed by atoms with Crippen LogP contribution in [0.3, 0.4) is 0 Å². The number of amides is 2. The summed E-state index contributed by atoms with van der Waals surface area (Å²) in [6.45, 7) is 4.17. The number of nitrogens with one attached hydrogen (secondary N) is 1. The fourth-order valence-corrected chi connectivity index (χ4v) is 4.80. The van der Waals surface area contributed by atoms with Gasteiger partial charge in [0.2, 0.25) is 5.91 Å². The van der Waals surface area contributed by atoms with Crippen LogP contribution >= 0.6 is 11.3 Å². The van der Waals surface area contributed by atoms with Gasteiger partial charge in [-0.2, -0.15) is 0 Å². The van der Waals surface area contributed by atoms with Gasteiger partial charge in [0.25, 0.3) is 5.91 Å². The first-order valence-corrected chi connectivity index (χ1v) is 11.5. The second kappa shape index (κ2) is 7.09. The van der Waals surface area contributed by atoms with Crippen LogP contribution < -0.4 is 5.32 Å². The average molecular weight is 428 g/mol. The van der Waals surface area contributed by atoms with Crippen LogP contribution in [0.4, 0.5) is 5.13 Å². The van der Waals surface area contributed by atoms with E-state index in [2.05, 4.69) is 16.9 Å². The maximum atomic E-state index is 12.5. The summed E-state index contributed by atoms with van der Waals surface area (Å²) >= 11 is 1.20. The fourth-order valence-electron chi connectivity index (χ4n) is 3.16. The number of anilines is 1. The largest absolute Gasteiger partial charge is 0.308 e. The topological polar surface area (TPSA) is 96.4 Å². The van der Waals surface area contributed by atoms with Gasteiger partial charge in [-0.05, 0) is 24.3 Å². The molecule has 0 spiro atoms. The number of carbonyl (C=O) groups excluding carboxylic acids is 2. The molecule has 2 aromatic carbocycles. The molecule has 2 amide bonds. The summed E-state index contributed by atoms with van der Waals surface area (Å²) in [7, 11) is -3.31. The highest BCUT2D eigenvalue weighted by Crippen LogP contribution is 2.31. The van der Waals surface area contributed by atoms with Gasteiger partial charge in [-0.3, -0.25) is 9.59 Å². The Bertz CT molecular complexity index is 1240. The second-order valence-corrected chi connectivity index (χ2v) is 9.71. The Morgan fingerprint density at radius 3 is 2.62 bits per heavy atom. The van der Waals surface area contributed by atoms with E-state index in [1.807, 2.05) is 12.1 Å². The standard InChI is InChI=1S/C20H17N3O4S2/c1-12-14-5-3-4-6-15(14)19(25)23(12)10-9-18(24)22-20-21-16-8-7-13(29(2,26)27)11-17(16)28-20/h3-8,11H,1,9-10H2,2H3,(H,21,22,24). The number of sulfone groups is 1. The molecule has 1 aromatic heterocycles. The lowest BCUT2D eigenvalue weighted by molar-refractivity contribution is -0.116. The van der Waals surface area contributed by atoms with Gasteiger partial charge < -0.3 is 10.2 Å². The minimum Gasteiger partial charge on any atom is -0.308 e. The third-order valence-electron chi connectivity index (χ3n) is 4.64. The number of thiazole rings is 1. The Balaban J connectivity index is 1.43. The van der Waals surface area contributed by atoms with Crippen molar-refractivity contribution in [3.63, 3.8) is 0 Å². The molecule has 0 unspecified atom stereocenters. The summed E-state index contributed by atoms with van der Waals surface area (Å²) in [6, 6.07) is 11.9. The molecule has 3 aromatic rings. The zero-order valence-corrected chi connectivity index (χ0v) is 17.1. The summed E-state index contributed by atoms with van der Waals surface area (Å²) in [6.07, 6.45) is 1.23. The van der Waals surface area contributed by atoms with E-state index in [0.29, 0.717) is 26.6 Å². The van der Waals surface area contributed by atoms with E-state index in [1.165, 1.54) is 22.3 Å². The van der Waals surface area contributed by atoms with Crippen LogP contribution in [0.5, 0.6) is 0 Å². The Kier molecular flexibility index (Phi) is 4.71. The van der Waals surface area contributed by atoms with Crippen LogP contribution in [0.2, 0.25) is 0 Å². The molecular formula is C20H17N3O4S2. The maximum absolute atomic E-state index is 12.5. The van der Waals surface area contributed by atoms with E-state index in [9.17, 15) is 18.0 Å². The van der Waals surface area contributed by atoms with Crippen molar-refractivity contribution in [3.05, 3.63) is 60.2 Å². The Labute approximate surface area is 171 Å². The Morgan fingerprint density at radius 2 is 1.93 bits per heavy atom. The number of hydrogen-bond donors (Lipinski definition) is 1. The van der Waals surface area contributed by atoms with Gasteiger partial charge in [-0.15, -0.1) is 0 Å². The quantitative estimate of drug-likeness (QED) is 0.675. The highest BCUT2D eigenvalue weighted by Gasteiger charge is 2.30. The predicted molar refractivity (Wildman–Crippen MR) is 112 cm³/mol. The maximum Gasteiger partial charge on any atom is 0.258 e. The first-order valence-electron chi connectivity index (χ1n) is 8.75. The molecule has 0 aliphatic carbocycles. The van der Waals surface area contributed by atoms with E-state index in [1.54, 1.807) is 24.3 Å². The van der Waals surface area contributed by atoms with Crippen LogP contribution in [-0.4, -0.2) is 42.9 Å². The van der Waals surface area contributed by atoms with Crippen molar-refractivity contribution >= 4 is 54.0 Å². The van der Waals surface area contributed by atoms with E-state index in [4.69, 9.17) is 0 Å². The average Bonchev–Trinajstić information content (AvgIpc) is 3.18. The molecule has 148 valence electrons. The molecule has 7 nitrogen and oxygen atoms in total. The van der Waals surface area contributed by atoms with Crippen LogP contribution in [0.1, 0.15) is 22.3 Å². The summed E-state index contributed by atoms with van der Waals surface area (Å²) in [5.41, 5.74) is 2.57. The Hall–Kier alpha value is -3.04. The number of nitrogens with zero attached hydrogens (tertiary/aromatic N) is 2. The predicted octanol–water partition coefficient (Wildman–Crippen LogP) is 3.16. The van der Waals surface area contributed by atoms with Gasteiger partial charge >= 0.3 is 0 Å². The first-order chi connectivity index (χ1) is 13.7. The Morgan fingerprint density at radius 1 is 1.21 bits per heavy atom. The van der Waals surface area contributed by atoms with Crippen molar-refractivity contribution in [2.75, 3.05) is 18.1 Å². The smallest absolute Gasteiger partial charge is 0.258 e. The lowest BCUT2D eigenvalue weighted by Crippen LogP contribution is -2.27. The molecule has 9 heteroatoms. The molecule has 0 saturated carbocycles. The van der Waals surface area contributed by atoms with Crippen molar-refractivity contribution in [2.24, 2.45) is 0 Å². The van der Waals surface area contributed by atoms with Crippen LogP contribution in [0.15, 0.2) is 53.9 Å². The third kappa shape index (κ3) is 3.66. The number of rotatable bonds is 5. The molecule has 1 N–H and O–H groups in total. The number of fused-ring (bicyclic) bond motifs is 2. The highest BCUT2D eigenvalue weighted by atomic mass is 32.2. The van der Waals surface area contributed by atoms with E-state index in [-0.39, 0.29) is 29.7 Å². The first kappa shape index (κ1) is 19.3. The zero-order chi connectivity index (χ0) is 20.8. The minimum atomic E-state index is -3.31. The summed E-state index contributed by atoms with van der Waals surface area (Å²) < 4.78 is 24.0. The van der Waals surface area contributed by atoms with Gasteiger partial charge in [0.1, 0.15) is 0 Å². The van der Waals surface area contributed by atoms with Crippen molar-refractivity contribution in [1.29, 1.82) is 0 Å². The molecule has 1 aliphatic heterocycles. The van der Waals surface area contributed by atoms with Gasteiger partial charge in [-0.1, -0.05) is 36.1 Å². The van der Waals surface area contributed by atoms with Crippen LogP contribution in [-0.2, 0) is 14.6 Å². The van der Waals surface area contributed by atoms with Crippen molar-refractivity contribution < 1.29 is 18.0 Å². The normalized spacial score (nSPS) is 13.8. The molecular weight excluding hydrogens is 410 g/mol. The third-order valence-corrected chi connectivity index (χ3v) is 6.68. The summed E-state index contributed by atoms with van der Waals surface area (Å²) in [5.74, 6) is -0.448. The van der Waals surface area contributed by atoms with Crippen LogP contribution in [0.25, 0.3) is 15.9 Å². The molecule has 0 saturated heterocycles. The number of benzene rings is 2. The monoisotopic (exact) mass is 427 g/mol. The molecule has 2 heterocycles. The lowest BCUT2D eigenvalue weighted by Gasteiger charge is -2.16. The van der Waals surface area contributed by atoms with E-state index in [0.717, 1.165) is 11.8 Å². The van der Waals surface area contributed by atoms with E-state index >= 15 is 0 Å². The van der Waals surface area contributed by atoms with Gasteiger partial charge in [0.15, 0.2) is 15.0 Å². The molecule has 0 atom stereocenters. The summed E-state index contributed by atoms with van der Waals surface area (Å²) in [5, 5.41) is 3.10. The van der Waals surface area contributed by atoms with Gasteiger partial charge in [-0.25, -0.2) is 13.4 Å². The molecule has 0 bridgehead atoms. The van der Waals surface area contributed by atoms with Gasteiger partial charge in [0, 0.05) is 36.0 Å². The highest BCUT2D eigenvalue weighted by molar-refractivity contribution is 7.90. The minimum absolute atomic E-state index is 0.0866. The lowest BCUT2D eigenvalue weighted by atomic mass is 10.1. The van der Waals surface area contributed by atoms with Crippen molar-refractivity contribution in [3.8, 4) is 0 Å². The SMILES string of the molecule is C=C1c2ccccc2C(=O)N1CCC(=O)Nc1nc2ccc(S(C)(=O)=O)cc2s1. The molecule has 1 aliphatic rings. The van der Waals surface area contributed by atoms with Gasteiger partial charge in [0.05, 0.1) is 15.1 Å². The molecule has 29 heavy (non-hydrogen) atoms. The molecule has 4 rings (SSSR count). The number of carbonyl (C=O) groups is 2. The van der Waals surface area contributed by atoms with Crippen LogP contribution in [0, 0.1) is 0 Å². The molecule has 0 radical (unpaired) electrons. The van der Waals surface area contributed by atoms with E-state index < -0.39 is 9.84 Å². The zero-order valence-electron chi connectivity index (χ0n) is 15.5. The molecule has 0 fully saturated rings. The number of hydrogen-bond acceptors (Lipinski definition) is 6. The number of aromatic nitrogens is 1. The summed E-state index contributed by atoms with van der Waals surface area (Å²) in [4.78, 5) is 30.9. The van der Waals surface area contributed by atoms with Crippen molar-refractivity contribution in [1.82, 2.24) is 9.88 Å². The van der Waals surface area contributed by atoms with Crippen molar-refractivity contribution in [2.45, 2.75) is 11.3 Å².